The van der Waals surface area contributed by atoms with Crippen LogP contribution in [0.25, 0.3) is 10.9 Å². The van der Waals surface area contributed by atoms with Crippen LogP contribution in [0.3, 0.4) is 0 Å². The van der Waals surface area contributed by atoms with Crippen LogP contribution in [-0.2, 0) is 13.1 Å². The Balaban J connectivity index is 0.00000155. The second-order valence-corrected chi connectivity index (χ2v) is 6.37. The molecule has 1 amide bonds. The molecule has 0 bridgehead atoms. The Morgan fingerprint density at radius 3 is 2.47 bits per heavy atom. The number of aromatic nitrogens is 1. The first kappa shape index (κ1) is 22.7. The standard InChI is InChI=1S/C23H22N4O.C2H6/c1-3-27-21(14-20-13-18(16-25-2)8-11-22(20)27)5-4-12-26-23(28)19-9-6-17(15-24)7-10-19;1-2/h6-11,13-14,25H,3,12,16H2,1-2H3,(H,26,28);1-2H3. The molecule has 1 heterocycles. The average molecular weight is 401 g/mol. The molecule has 0 atom stereocenters. The van der Waals surface area contributed by atoms with Crippen molar-refractivity contribution in [3.8, 4) is 17.9 Å². The van der Waals surface area contributed by atoms with Crippen LogP contribution >= 0.6 is 0 Å². The molecule has 5 nitrogen and oxygen atoms in total. The minimum absolute atomic E-state index is 0.202. The first-order chi connectivity index (χ1) is 14.7. The number of aryl methyl sites for hydroxylation is 1. The Morgan fingerprint density at radius 2 is 1.83 bits per heavy atom. The number of nitriles is 1. The number of nitrogens with zero attached hydrogens (tertiary/aromatic N) is 2. The summed E-state index contributed by atoms with van der Waals surface area (Å²) in [6.45, 7) is 8.01. The summed E-state index contributed by atoms with van der Waals surface area (Å²) >= 11 is 0. The van der Waals surface area contributed by atoms with Crippen molar-refractivity contribution in [3.05, 3.63) is 70.9 Å². The van der Waals surface area contributed by atoms with Crippen LogP contribution in [0.2, 0.25) is 0 Å². The van der Waals surface area contributed by atoms with Crippen LogP contribution in [0.15, 0.2) is 48.5 Å². The van der Waals surface area contributed by atoms with E-state index in [4.69, 9.17) is 5.26 Å². The maximum atomic E-state index is 12.1. The Bertz CT molecular complexity index is 1090. The second-order valence-electron chi connectivity index (χ2n) is 6.37. The summed E-state index contributed by atoms with van der Waals surface area (Å²) in [5, 5.41) is 15.9. The molecule has 0 saturated carbocycles. The van der Waals surface area contributed by atoms with Crippen molar-refractivity contribution >= 4 is 16.8 Å². The lowest BCUT2D eigenvalue weighted by Gasteiger charge is -2.04. The third-order valence-electron chi connectivity index (χ3n) is 4.49. The zero-order chi connectivity index (χ0) is 21.9. The van der Waals surface area contributed by atoms with Crippen molar-refractivity contribution in [2.75, 3.05) is 13.6 Å². The van der Waals surface area contributed by atoms with Gasteiger partial charge >= 0.3 is 0 Å². The smallest absolute Gasteiger partial charge is 0.252 e. The highest BCUT2D eigenvalue weighted by atomic mass is 16.1. The summed E-state index contributed by atoms with van der Waals surface area (Å²) in [4.78, 5) is 12.1. The molecule has 0 aliphatic rings. The van der Waals surface area contributed by atoms with E-state index in [1.54, 1.807) is 24.3 Å². The quantitative estimate of drug-likeness (QED) is 0.635. The van der Waals surface area contributed by atoms with Crippen molar-refractivity contribution in [2.45, 2.75) is 33.9 Å². The lowest BCUT2D eigenvalue weighted by molar-refractivity contribution is 0.0958. The van der Waals surface area contributed by atoms with Crippen molar-refractivity contribution in [3.63, 3.8) is 0 Å². The predicted molar refractivity (Wildman–Crippen MR) is 122 cm³/mol. The average Bonchev–Trinajstić information content (AvgIpc) is 3.14. The molecular weight excluding hydrogens is 372 g/mol. The molecular formula is C25H28N4O. The molecule has 2 N–H and O–H groups in total. The second kappa shape index (κ2) is 11.5. The van der Waals surface area contributed by atoms with E-state index in [9.17, 15) is 4.79 Å². The van der Waals surface area contributed by atoms with Gasteiger partial charge < -0.3 is 15.2 Å². The number of fused-ring (bicyclic) bond motifs is 1. The van der Waals surface area contributed by atoms with Crippen molar-refractivity contribution in [2.24, 2.45) is 0 Å². The summed E-state index contributed by atoms with van der Waals surface area (Å²) < 4.78 is 2.17. The molecule has 3 rings (SSSR count). The third-order valence-corrected chi connectivity index (χ3v) is 4.49. The zero-order valence-electron chi connectivity index (χ0n) is 18.0. The number of benzene rings is 2. The van der Waals surface area contributed by atoms with Gasteiger partial charge in [-0.05, 0) is 67.9 Å². The summed E-state index contributed by atoms with van der Waals surface area (Å²) in [7, 11) is 1.94. The van der Waals surface area contributed by atoms with E-state index in [0.29, 0.717) is 11.1 Å². The Labute approximate surface area is 178 Å². The minimum Gasteiger partial charge on any atom is -0.341 e. The van der Waals surface area contributed by atoms with E-state index in [1.165, 1.54) is 10.9 Å². The summed E-state index contributed by atoms with van der Waals surface area (Å²) in [5.41, 5.74) is 4.37. The van der Waals surface area contributed by atoms with E-state index < -0.39 is 0 Å². The monoisotopic (exact) mass is 400 g/mol. The molecule has 2 aromatic carbocycles. The van der Waals surface area contributed by atoms with Crippen LogP contribution in [0, 0.1) is 23.2 Å². The fourth-order valence-corrected chi connectivity index (χ4v) is 3.14. The fraction of sp³-hybridized carbons (Fsp3) is 0.280. The summed E-state index contributed by atoms with van der Waals surface area (Å²) in [6.07, 6.45) is 0. The van der Waals surface area contributed by atoms with E-state index >= 15 is 0 Å². The molecule has 0 aliphatic carbocycles. The van der Waals surface area contributed by atoms with Crippen molar-refractivity contribution in [1.29, 1.82) is 5.26 Å². The van der Waals surface area contributed by atoms with Gasteiger partial charge in [-0.3, -0.25) is 4.79 Å². The van der Waals surface area contributed by atoms with Gasteiger partial charge in [-0.15, -0.1) is 0 Å². The van der Waals surface area contributed by atoms with E-state index in [2.05, 4.69) is 58.2 Å². The molecule has 0 unspecified atom stereocenters. The molecule has 0 fully saturated rings. The Hall–Kier alpha value is -3.54. The highest BCUT2D eigenvalue weighted by Crippen LogP contribution is 2.21. The van der Waals surface area contributed by atoms with Gasteiger partial charge in [0.1, 0.15) is 0 Å². The number of carbonyl (C=O) groups excluding carboxylic acids is 1. The van der Waals surface area contributed by atoms with Crippen LogP contribution in [0.5, 0.6) is 0 Å². The van der Waals surface area contributed by atoms with Gasteiger partial charge in [0.15, 0.2) is 0 Å². The van der Waals surface area contributed by atoms with E-state index in [-0.39, 0.29) is 12.5 Å². The van der Waals surface area contributed by atoms with Crippen molar-refractivity contribution < 1.29 is 4.79 Å². The van der Waals surface area contributed by atoms with Gasteiger partial charge in [0.2, 0.25) is 0 Å². The molecule has 0 saturated heterocycles. The lowest BCUT2D eigenvalue weighted by atomic mass is 10.1. The first-order valence-corrected chi connectivity index (χ1v) is 10.2. The maximum absolute atomic E-state index is 12.1. The zero-order valence-corrected chi connectivity index (χ0v) is 18.0. The number of nitrogens with one attached hydrogen (secondary N) is 2. The Kier molecular flexibility index (Phi) is 8.69. The van der Waals surface area contributed by atoms with Gasteiger partial charge in [0, 0.05) is 29.6 Å². The van der Waals surface area contributed by atoms with Crippen molar-refractivity contribution in [1.82, 2.24) is 15.2 Å². The molecule has 0 spiro atoms. The molecule has 5 heteroatoms. The third kappa shape index (κ3) is 5.50. The Morgan fingerprint density at radius 1 is 1.10 bits per heavy atom. The summed E-state index contributed by atoms with van der Waals surface area (Å²) in [5.74, 6) is 6.00. The molecule has 3 aromatic rings. The van der Waals surface area contributed by atoms with Crippen LogP contribution in [-0.4, -0.2) is 24.1 Å². The number of carbonyl (C=O) groups is 1. The normalized spacial score (nSPS) is 9.70. The lowest BCUT2D eigenvalue weighted by Crippen LogP contribution is -2.23. The number of rotatable bonds is 5. The van der Waals surface area contributed by atoms with Gasteiger partial charge in [-0.2, -0.15) is 5.26 Å². The van der Waals surface area contributed by atoms with Gasteiger partial charge in [0.05, 0.1) is 23.9 Å². The summed E-state index contributed by atoms with van der Waals surface area (Å²) in [6, 6.07) is 17.1. The molecule has 1 aromatic heterocycles. The number of amides is 1. The van der Waals surface area contributed by atoms with E-state index in [0.717, 1.165) is 24.3 Å². The fourth-order valence-electron chi connectivity index (χ4n) is 3.14. The number of hydrogen-bond acceptors (Lipinski definition) is 3. The largest absolute Gasteiger partial charge is 0.341 e. The van der Waals surface area contributed by atoms with Gasteiger partial charge in [-0.25, -0.2) is 0 Å². The minimum atomic E-state index is -0.202. The maximum Gasteiger partial charge on any atom is 0.252 e. The molecule has 0 radical (unpaired) electrons. The van der Waals surface area contributed by atoms with E-state index in [1.807, 2.05) is 27.0 Å². The van der Waals surface area contributed by atoms with Gasteiger partial charge in [-0.1, -0.05) is 25.8 Å². The predicted octanol–water partition coefficient (Wildman–Crippen LogP) is 4.06. The highest BCUT2D eigenvalue weighted by molar-refractivity contribution is 5.94. The molecule has 30 heavy (non-hydrogen) atoms. The highest BCUT2D eigenvalue weighted by Gasteiger charge is 2.07. The van der Waals surface area contributed by atoms with Gasteiger partial charge in [0.25, 0.3) is 5.91 Å². The topological polar surface area (TPSA) is 69.8 Å². The SMILES string of the molecule is CC.CCn1c(C#CCNC(=O)c2ccc(C#N)cc2)cc2cc(CNC)ccc21. The van der Waals surface area contributed by atoms with Crippen LogP contribution in [0.1, 0.15) is 48.0 Å². The number of hydrogen-bond donors (Lipinski definition) is 2. The van der Waals surface area contributed by atoms with Crippen LogP contribution in [0.4, 0.5) is 0 Å². The molecule has 0 aliphatic heterocycles. The first-order valence-electron chi connectivity index (χ1n) is 10.2. The molecule has 154 valence electrons. The van der Waals surface area contributed by atoms with Crippen LogP contribution < -0.4 is 10.6 Å².